The standard InChI is InChI=1S/C15H21Br2NO2S/c1-3-11-5-4-6-12(8-11)18-21(19,20)15-9-13(16)10(2)7-14(15)17/h7,9,11-12,18H,3-6,8H2,1-2H3. The summed E-state index contributed by atoms with van der Waals surface area (Å²) in [5.41, 5.74) is 1.00. The second-order valence-electron chi connectivity index (χ2n) is 5.79. The van der Waals surface area contributed by atoms with E-state index in [1.807, 2.05) is 13.0 Å². The van der Waals surface area contributed by atoms with E-state index in [-0.39, 0.29) is 6.04 Å². The summed E-state index contributed by atoms with van der Waals surface area (Å²) in [5.74, 6) is 0.639. The molecule has 1 aromatic rings. The van der Waals surface area contributed by atoms with Crippen molar-refractivity contribution in [2.24, 2.45) is 5.92 Å². The first-order valence-electron chi connectivity index (χ1n) is 7.31. The van der Waals surface area contributed by atoms with E-state index in [0.717, 1.165) is 35.7 Å². The highest BCUT2D eigenvalue weighted by molar-refractivity contribution is 9.11. The fraction of sp³-hybridized carbons (Fsp3) is 0.600. The molecule has 1 saturated carbocycles. The molecule has 0 bridgehead atoms. The summed E-state index contributed by atoms with van der Waals surface area (Å²) in [4.78, 5) is 0.304. The van der Waals surface area contributed by atoms with Gasteiger partial charge in [-0.25, -0.2) is 13.1 Å². The van der Waals surface area contributed by atoms with E-state index in [0.29, 0.717) is 15.3 Å². The Morgan fingerprint density at radius 3 is 2.62 bits per heavy atom. The van der Waals surface area contributed by atoms with E-state index in [2.05, 4.69) is 43.5 Å². The highest BCUT2D eigenvalue weighted by Crippen LogP contribution is 2.31. The number of nitrogens with one attached hydrogen (secondary N) is 1. The van der Waals surface area contributed by atoms with Crippen LogP contribution in [0.5, 0.6) is 0 Å². The molecule has 0 spiro atoms. The van der Waals surface area contributed by atoms with Crippen molar-refractivity contribution in [3.63, 3.8) is 0 Å². The lowest BCUT2D eigenvalue weighted by molar-refractivity contribution is 0.301. The molecule has 118 valence electrons. The fourth-order valence-electron chi connectivity index (χ4n) is 2.89. The van der Waals surface area contributed by atoms with Gasteiger partial charge in [0.15, 0.2) is 0 Å². The van der Waals surface area contributed by atoms with E-state index < -0.39 is 10.0 Å². The molecule has 0 aliphatic heterocycles. The van der Waals surface area contributed by atoms with Gasteiger partial charge >= 0.3 is 0 Å². The highest BCUT2D eigenvalue weighted by Gasteiger charge is 2.27. The van der Waals surface area contributed by atoms with Crippen molar-refractivity contribution >= 4 is 41.9 Å². The Bertz CT molecular complexity index is 616. The molecule has 1 aliphatic rings. The summed E-state index contributed by atoms with van der Waals surface area (Å²) >= 11 is 6.77. The summed E-state index contributed by atoms with van der Waals surface area (Å²) in [7, 11) is -3.49. The van der Waals surface area contributed by atoms with Crippen LogP contribution in [0.4, 0.5) is 0 Å². The van der Waals surface area contributed by atoms with Crippen molar-refractivity contribution in [1.29, 1.82) is 0 Å². The maximum Gasteiger partial charge on any atom is 0.241 e. The largest absolute Gasteiger partial charge is 0.241 e. The first kappa shape index (κ1) is 17.4. The molecule has 2 unspecified atom stereocenters. The Labute approximate surface area is 144 Å². The van der Waals surface area contributed by atoms with Crippen LogP contribution in [0.1, 0.15) is 44.6 Å². The van der Waals surface area contributed by atoms with Crippen LogP contribution in [0.25, 0.3) is 0 Å². The van der Waals surface area contributed by atoms with Gasteiger partial charge in [0.05, 0.1) is 4.90 Å². The zero-order chi connectivity index (χ0) is 15.6. The van der Waals surface area contributed by atoms with Crippen LogP contribution in [0.3, 0.4) is 0 Å². The zero-order valence-corrected chi connectivity index (χ0v) is 16.3. The van der Waals surface area contributed by atoms with Gasteiger partial charge in [-0.2, -0.15) is 0 Å². The van der Waals surface area contributed by atoms with Crippen molar-refractivity contribution in [3.8, 4) is 0 Å². The van der Waals surface area contributed by atoms with Crippen molar-refractivity contribution in [2.75, 3.05) is 0 Å². The SMILES string of the molecule is CCC1CCCC(NS(=O)(=O)c2cc(Br)c(C)cc2Br)C1. The van der Waals surface area contributed by atoms with Gasteiger partial charge in [0.1, 0.15) is 0 Å². The lowest BCUT2D eigenvalue weighted by atomic mass is 9.85. The Hall–Kier alpha value is 0.0900. The molecular weight excluding hydrogens is 418 g/mol. The molecule has 21 heavy (non-hydrogen) atoms. The third kappa shape index (κ3) is 4.30. The quantitative estimate of drug-likeness (QED) is 0.735. The molecule has 2 rings (SSSR count). The van der Waals surface area contributed by atoms with Gasteiger partial charge in [0.2, 0.25) is 10.0 Å². The number of sulfonamides is 1. The maximum absolute atomic E-state index is 12.6. The summed E-state index contributed by atoms with van der Waals surface area (Å²) in [6, 6.07) is 3.55. The summed E-state index contributed by atoms with van der Waals surface area (Å²) < 4.78 is 29.5. The number of rotatable bonds is 4. The average molecular weight is 439 g/mol. The van der Waals surface area contributed by atoms with Crippen LogP contribution in [0.15, 0.2) is 26.0 Å². The molecular formula is C15H21Br2NO2S. The Balaban J connectivity index is 2.20. The molecule has 0 heterocycles. The molecule has 1 fully saturated rings. The van der Waals surface area contributed by atoms with Gasteiger partial charge in [-0.1, -0.05) is 42.1 Å². The van der Waals surface area contributed by atoms with Gasteiger partial charge in [0.25, 0.3) is 0 Å². The fourth-order valence-corrected chi connectivity index (χ4v) is 5.85. The molecule has 0 radical (unpaired) electrons. The van der Waals surface area contributed by atoms with E-state index in [9.17, 15) is 8.42 Å². The zero-order valence-electron chi connectivity index (χ0n) is 12.3. The van der Waals surface area contributed by atoms with Gasteiger partial charge in [-0.3, -0.25) is 0 Å². The van der Waals surface area contributed by atoms with Crippen LogP contribution in [-0.4, -0.2) is 14.5 Å². The summed E-state index contributed by atoms with van der Waals surface area (Å²) in [5, 5.41) is 0. The van der Waals surface area contributed by atoms with Crippen LogP contribution < -0.4 is 4.72 Å². The topological polar surface area (TPSA) is 46.2 Å². The van der Waals surface area contributed by atoms with Crippen molar-refractivity contribution < 1.29 is 8.42 Å². The van der Waals surface area contributed by atoms with Gasteiger partial charge < -0.3 is 0 Å². The number of hydrogen-bond acceptors (Lipinski definition) is 2. The average Bonchev–Trinajstić information content (AvgIpc) is 2.42. The third-order valence-corrected chi connectivity index (χ3v) is 7.52. The summed E-state index contributed by atoms with van der Waals surface area (Å²) in [6.45, 7) is 4.11. The first-order chi connectivity index (χ1) is 9.83. The van der Waals surface area contributed by atoms with Crippen LogP contribution in [-0.2, 0) is 10.0 Å². The molecule has 2 atom stereocenters. The normalized spacial score (nSPS) is 23.2. The molecule has 3 nitrogen and oxygen atoms in total. The predicted octanol–water partition coefficient (Wildman–Crippen LogP) is 4.77. The first-order valence-corrected chi connectivity index (χ1v) is 10.4. The number of hydrogen-bond donors (Lipinski definition) is 1. The second kappa shape index (κ2) is 7.11. The molecule has 1 aromatic carbocycles. The minimum Gasteiger partial charge on any atom is -0.208 e. The molecule has 1 N–H and O–H groups in total. The molecule has 1 aliphatic carbocycles. The Kier molecular flexibility index (Phi) is 5.91. The molecule has 0 saturated heterocycles. The van der Waals surface area contributed by atoms with E-state index >= 15 is 0 Å². The number of halogens is 2. The Morgan fingerprint density at radius 1 is 1.24 bits per heavy atom. The van der Waals surface area contributed by atoms with Crippen molar-refractivity contribution in [2.45, 2.75) is 56.9 Å². The van der Waals surface area contributed by atoms with Crippen LogP contribution in [0, 0.1) is 12.8 Å². The van der Waals surface area contributed by atoms with E-state index in [1.165, 1.54) is 6.42 Å². The monoisotopic (exact) mass is 437 g/mol. The van der Waals surface area contributed by atoms with Crippen LogP contribution in [0.2, 0.25) is 0 Å². The number of aryl methyl sites for hydroxylation is 1. The predicted molar refractivity (Wildman–Crippen MR) is 92.9 cm³/mol. The molecule has 0 amide bonds. The maximum atomic E-state index is 12.6. The second-order valence-corrected chi connectivity index (χ2v) is 9.18. The minimum atomic E-state index is -3.49. The van der Waals surface area contributed by atoms with Gasteiger partial charge in [-0.15, -0.1) is 0 Å². The van der Waals surface area contributed by atoms with E-state index in [4.69, 9.17) is 0 Å². The van der Waals surface area contributed by atoms with Gasteiger partial charge in [0, 0.05) is 15.0 Å². The highest BCUT2D eigenvalue weighted by atomic mass is 79.9. The van der Waals surface area contributed by atoms with E-state index in [1.54, 1.807) is 6.07 Å². The Morgan fingerprint density at radius 2 is 1.95 bits per heavy atom. The van der Waals surface area contributed by atoms with Gasteiger partial charge in [-0.05, 0) is 59.3 Å². The van der Waals surface area contributed by atoms with Crippen molar-refractivity contribution in [3.05, 3.63) is 26.6 Å². The molecule has 6 heteroatoms. The minimum absolute atomic E-state index is 0.0562. The number of benzene rings is 1. The van der Waals surface area contributed by atoms with Crippen molar-refractivity contribution in [1.82, 2.24) is 4.72 Å². The lowest BCUT2D eigenvalue weighted by Crippen LogP contribution is -2.38. The smallest absolute Gasteiger partial charge is 0.208 e. The molecule has 0 aromatic heterocycles. The lowest BCUT2D eigenvalue weighted by Gasteiger charge is -2.29. The third-order valence-electron chi connectivity index (χ3n) is 4.18. The summed E-state index contributed by atoms with van der Waals surface area (Å²) in [6.07, 6.45) is 5.32. The van der Waals surface area contributed by atoms with Crippen LogP contribution >= 0.6 is 31.9 Å².